The van der Waals surface area contributed by atoms with Gasteiger partial charge in [0.05, 0.1) is 18.2 Å². The first-order valence-corrected chi connectivity index (χ1v) is 9.66. The predicted molar refractivity (Wildman–Crippen MR) is 104 cm³/mol. The fourth-order valence-corrected chi connectivity index (χ4v) is 3.60. The summed E-state index contributed by atoms with van der Waals surface area (Å²) in [6.07, 6.45) is 4.98. The molecular weight excluding hydrogens is 366 g/mol. The van der Waals surface area contributed by atoms with Crippen LogP contribution in [0.3, 0.4) is 0 Å². The molecule has 1 aromatic heterocycles. The molecule has 2 aliphatic heterocycles. The van der Waals surface area contributed by atoms with Gasteiger partial charge >= 0.3 is 0 Å². The van der Waals surface area contributed by atoms with Crippen LogP contribution < -0.4 is 19.7 Å². The van der Waals surface area contributed by atoms with Crippen molar-refractivity contribution >= 4 is 23.3 Å². The molecule has 142 valence electrons. The highest BCUT2D eigenvalue weighted by molar-refractivity contribution is 6.32. The first kappa shape index (κ1) is 17.9. The number of carbonyl (C=O) groups excluding carboxylic acids is 1. The molecule has 6 nitrogen and oxygen atoms in total. The highest BCUT2D eigenvalue weighted by Gasteiger charge is 2.19. The number of rotatable bonds is 4. The van der Waals surface area contributed by atoms with Gasteiger partial charge in [-0.05, 0) is 42.7 Å². The molecule has 1 saturated heterocycles. The van der Waals surface area contributed by atoms with Crippen LogP contribution in [0, 0.1) is 0 Å². The Morgan fingerprint density at radius 1 is 1.15 bits per heavy atom. The predicted octanol–water partition coefficient (Wildman–Crippen LogP) is 3.43. The Morgan fingerprint density at radius 2 is 1.96 bits per heavy atom. The van der Waals surface area contributed by atoms with Crippen LogP contribution in [0.5, 0.6) is 11.5 Å². The second-order valence-electron chi connectivity index (χ2n) is 6.73. The van der Waals surface area contributed by atoms with E-state index < -0.39 is 0 Å². The lowest BCUT2D eigenvalue weighted by molar-refractivity contribution is 0.0950. The third-order valence-corrected chi connectivity index (χ3v) is 5.04. The van der Waals surface area contributed by atoms with Crippen molar-refractivity contribution < 1.29 is 14.3 Å². The summed E-state index contributed by atoms with van der Waals surface area (Å²) in [7, 11) is 0. The van der Waals surface area contributed by atoms with E-state index in [-0.39, 0.29) is 5.91 Å². The Labute approximate surface area is 163 Å². The van der Waals surface area contributed by atoms with E-state index in [0.29, 0.717) is 41.8 Å². The minimum Gasteiger partial charge on any atom is -0.489 e. The Bertz CT molecular complexity index is 837. The number of nitrogens with one attached hydrogen (secondary N) is 1. The molecule has 27 heavy (non-hydrogen) atoms. The highest BCUT2D eigenvalue weighted by atomic mass is 35.5. The molecule has 1 amide bonds. The Hall–Kier alpha value is -2.47. The van der Waals surface area contributed by atoms with Gasteiger partial charge in [0.15, 0.2) is 11.5 Å². The average Bonchev–Trinajstić information content (AvgIpc) is 3.12. The van der Waals surface area contributed by atoms with Gasteiger partial charge in [-0.3, -0.25) is 4.79 Å². The van der Waals surface area contributed by atoms with Gasteiger partial charge in [-0.15, -0.1) is 0 Å². The van der Waals surface area contributed by atoms with Gasteiger partial charge in [0.25, 0.3) is 5.91 Å². The number of anilines is 1. The summed E-state index contributed by atoms with van der Waals surface area (Å²) < 4.78 is 11.3. The zero-order valence-corrected chi connectivity index (χ0v) is 15.8. The number of hydrogen-bond donors (Lipinski definition) is 1. The van der Waals surface area contributed by atoms with Crippen molar-refractivity contribution in [3.8, 4) is 11.5 Å². The van der Waals surface area contributed by atoms with Gasteiger partial charge in [-0.1, -0.05) is 11.6 Å². The van der Waals surface area contributed by atoms with Crippen molar-refractivity contribution in [1.82, 2.24) is 10.3 Å². The number of pyridine rings is 1. The quantitative estimate of drug-likeness (QED) is 0.870. The fourth-order valence-electron chi connectivity index (χ4n) is 3.34. The Kier molecular flexibility index (Phi) is 5.34. The standard InChI is InChI=1S/C20H22ClN3O3/c21-16-11-15(12-17-19(16)27-9-3-8-26-17)20(25)23-13-14-4-5-22-18(10-14)24-6-1-2-7-24/h4-5,10-12H,1-3,6-9,13H2,(H,23,25). The van der Waals surface area contributed by atoms with E-state index in [1.54, 1.807) is 18.3 Å². The minimum absolute atomic E-state index is 0.202. The van der Waals surface area contributed by atoms with Crippen LogP contribution in [0.1, 0.15) is 35.2 Å². The van der Waals surface area contributed by atoms with E-state index >= 15 is 0 Å². The first-order valence-electron chi connectivity index (χ1n) is 9.28. The lowest BCUT2D eigenvalue weighted by atomic mass is 10.1. The number of aromatic nitrogens is 1. The first-order chi connectivity index (χ1) is 13.2. The van der Waals surface area contributed by atoms with Crippen molar-refractivity contribution in [2.45, 2.75) is 25.8 Å². The van der Waals surface area contributed by atoms with Crippen molar-refractivity contribution in [3.05, 3.63) is 46.6 Å². The largest absolute Gasteiger partial charge is 0.489 e. The fraction of sp³-hybridized carbons (Fsp3) is 0.400. The van der Waals surface area contributed by atoms with Gasteiger partial charge in [-0.25, -0.2) is 4.98 Å². The van der Waals surface area contributed by atoms with E-state index in [4.69, 9.17) is 21.1 Å². The summed E-state index contributed by atoms with van der Waals surface area (Å²) in [4.78, 5) is 19.3. The Morgan fingerprint density at radius 3 is 2.81 bits per heavy atom. The van der Waals surface area contributed by atoms with Crippen LogP contribution in [0.25, 0.3) is 0 Å². The lowest BCUT2D eigenvalue weighted by Crippen LogP contribution is -2.23. The SMILES string of the molecule is O=C(NCc1ccnc(N2CCCC2)c1)c1cc(Cl)c2c(c1)OCCCO2. The van der Waals surface area contributed by atoms with Crippen LogP contribution in [0.2, 0.25) is 5.02 Å². The molecule has 0 aliphatic carbocycles. The molecule has 4 rings (SSSR count). The van der Waals surface area contributed by atoms with Crippen molar-refractivity contribution in [2.75, 3.05) is 31.2 Å². The molecule has 0 bridgehead atoms. The molecular formula is C20H22ClN3O3. The minimum atomic E-state index is -0.202. The number of hydrogen-bond acceptors (Lipinski definition) is 5. The molecule has 0 saturated carbocycles. The monoisotopic (exact) mass is 387 g/mol. The number of benzene rings is 1. The number of carbonyl (C=O) groups is 1. The van der Waals surface area contributed by atoms with Crippen molar-refractivity contribution in [1.29, 1.82) is 0 Å². The van der Waals surface area contributed by atoms with E-state index in [1.807, 2.05) is 12.1 Å². The number of nitrogens with zero attached hydrogens (tertiary/aromatic N) is 2. The van der Waals surface area contributed by atoms with Gasteiger partial charge in [0.1, 0.15) is 5.82 Å². The number of fused-ring (bicyclic) bond motifs is 1. The molecule has 2 aliphatic rings. The molecule has 0 spiro atoms. The molecule has 2 aromatic rings. The van der Waals surface area contributed by atoms with Gasteiger partial charge in [-0.2, -0.15) is 0 Å². The molecule has 0 unspecified atom stereocenters. The number of ether oxygens (including phenoxy) is 2. The molecule has 3 heterocycles. The summed E-state index contributed by atoms with van der Waals surface area (Å²) in [5.74, 6) is 1.80. The van der Waals surface area contributed by atoms with E-state index in [2.05, 4.69) is 15.2 Å². The molecule has 0 radical (unpaired) electrons. The van der Waals surface area contributed by atoms with Crippen LogP contribution in [0.4, 0.5) is 5.82 Å². The second-order valence-corrected chi connectivity index (χ2v) is 7.14. The average molecular weight is 388 g/mol. The zero-order chi connectivity index (χ0) is 18.6. The summed E-state index contributed by atoms with van der Waals surface area (Å²) in [5.41, 5.74) is 1.47. The molecule has 1 aromatic carbocycles. The van der Waals surface area contributed by atoms with E-state index in [0.717, 1.165) is 30.9 Å². The molecule has 1 fully saturated rings. The Balaban J connectivity index is 1.44. The normalized spacial score (nSPS) is 16.1. The molecule has 7 heteroatoms. The number of halogens is 1. The maximum Gasteiger partial charge on any atom is 0.251 e. The van der Waals surface area contributed by atoms with Crippen LogP contribution >= 0.6 is 11.6 Å². The highest BCUT2D eigenvalue weighted by Crippen LogP contribution is 2.38. The lowest BCUT2D eigenvalue weighted by Gasteiger charge is -2.17. The van der Waals surface area contributed by atoms with Gasteiger partial charge in [0.2, 0.25) is 0 Å². The zero-order valence-electron chi connectivity index (χ0n) is 15.0. The van der Waals surface area contributed by atoms with Crippen LogP contribution in [-0.2, 0) is 6.54 Å². The van der Waals surface area contributed by atoms with Crippen molar-refractivity contribution in [2.24, 2.45) is 0 Å². The molecule has 0 atom stereocenters. The second kappa shape index (κ2) is 8.05. The van der Waals surface area contributed by atoms with Crippen LogP contribution in [0.15, 0.2) is 30.5 Å². The summed E-state index contributed by atoms with van der Waals surface area (Å²) in [5, 5.41) is 3.33. The number of amides is 1. The summed E-state index contributed by atoms with van der Waals surface area (Å²) >= 11 is 6.28. The summed E-state index contributed by atoms with van der Waals surface area (Å²) in [6, 6.07) is 7.25. The van der Waals surface area contributed by atoms with E-state index in [1.165, 1.54) is 12.8 Å². The van der Waals surface area contributed by atoms with Gasteiger partial charge < -0.3 is 19.7 Å². The summed E-state index contributed by atoms with van der Waals surface area (Å²) in [6.45, 7) is 3.61. The topological polar surface area (TPSA) is 63.7 Å². The third kappa shape index (κ3) is 4.11. The maximum atomic E-state index is 12.6. The third-order valence-electron chi connectivity index (χ3n) is 4.76. The van der Waals surface area contributed by atoms with Crippen LogP contribution in [-0.4, -0.2) is 37.2 Å². The smallest absolute Gasteiger partial charge is 0.251 e. The van der Waals surface area contributed by atoms with E-state index in [9.17, 15) is 4.79 Å². The van der Waals surface area contributed by atoms with Gasteiger partial charge in [0, 0.05) is 37.8 Å². The molecule has 1 N–H and O–H groups in total. The van der Waals surface area contributed by atoms with Crippen molar-refractivity contribution in [3.63, 3.8) is 0 Å². The maximum absolute atomic E-state index is 12.6.